The molecule has 0 aliphatic heterocycles. The fourth-order valence-electron chi connectivity index (χ4n) is 2.24. The first-order valence-electron chi connectivity index (χ1n) is 7.95. The van der Waals surface area contributed by atoms with Crippen molar-refractivity contribution in [1.29, 1.82) is 0 Å². The SMILES string of the molecule is CCN(CC)C(/C=C/c1ccccc1)=NS(=O)(=O)c1ccccc1. The molecule has 0 atom stereocenters. The van der Waals surface area contributed by atoms with Crippen molar-refractivity contribution in [3.05, 3.63) is 72.3 Å². The lowest BCUT2D eigenvalue weighted by molar-refractivity contribution is 0.468. The molecule has 0 aromatic heterocycles. The van der Waals surface area contributed by atoms with Gasteiger partial charge in [0.05, 0.1) is 4.90 Å². The van der Waals surface area contributed by atoms with Crippen LogP contribution >= 0.6 is 0 Å². The van der Waals surface area contributed by atoms with Gasteiger partial charge >= 0.3 is 0 Å². The molecule has 0 saturated carbocycles. The highest BCUT2D eigenvalue weighted by Gasteiger charge is 2.15. The third kappa shape index (κ3) is 4.80. The topological polar surface area (TPSA) is 49.7 Å². The lowest BCUT2D eigenvalue weighted by atomic mass is 10.2. The van der Waals surface area contributed by atoms with E-state index in [1.165, 1.54) is 0 Å². The number of hydrogen-bond acceptors (Lipinski definition) is 2. The second-order valence-electron chi connectivity index (χ2n) is 5.15. The molecule has 2 aromatic carbocycles. The van der Waals surface area contributed by atoms with Gasteiger partial charge < -0.3 is 4.90 Å². The van der Waals surface area contributed by atoms with E-state index in [0.717, 1.165) is 5.56 Å². The second-order valence-corrected chi connectivity index (χ2v) is 6.76. The number of hydrogen-bond donors (Lipinski definition) is 0. The Morgan fingerprint density at radius 1 is 0.958 bits per heavy atom. The van der Waals surface area contributed by atoms with Crippen molar-refractivity contribution >= 4 is 21.9 Å². The van der Waals surface area contributed by atoms with E-state index in [0.29, 0.717) is 18.9 Å². The maximum Gasteiger partial charge on any atom is 0.284 e. The maximum atomic E-state index is 12.5. The van der Waals surface area contributed by atoms with Crippen LogP contribution in [0.1, 0.15) is 19.4 Å². The van der Waals surface area contributed by atoms with E-state index in [9.17, 15) is 8.42 Å². The van der Waals surface area contributed by atoms with Gasteiger partial charge in [0, 0.05) is 13.1 Å². The van der Waals surface area contributed by atoms with Crippen LogP contribution in [0.2, 0.25) is 0 Å². The van der Waals surface area contributed by atoms with E-state index in [1.807, 2.05) is 55.2 Å². The summed E-state index contributed by atoms with van der Waals surface area (Å²) in [5.41, 5.74) is 0.995. The van der Waals surface area contributed by atoms with Gasteiger partial charge in [-0.2, -0.15) is 8.42 Å². The van der Waals surface area contributed by atoms with Gasteiger partial charge in [0.2, 0.25) is 0 Å². The lowest BCUT2D eigenvalue weighted by Gasteiger charge is -2.20. The number of rotatable bonds is 6. The third-order valence-corrected chi connectivity index (χ3v) is 4.86. The fourth-order valence-corrected chi connectivity index (χ4v) is 3.27. The smallest absolute Gasteiger partial charge is 0.284 e. The molecule has 0 aliphatic rings. The van der Waals surface area contributed by atoms with Gasteiger partial charge in [-0.1, -0.05) is 54.6 Å². The quantitative estimate of drug-likeness (QED) is 0.592. The van der Waals surface area contributed by atoms with Crippen molar-refractivity contribution in [1.82, 2.24) is 4.90 Å². The molecule has 4 nitrogen and oxygen atoms in total. The Morgan fingerprint density at radius 2 is 1.50 bits per heavy atom. The number of amidine groups is 1. The minimum atomic E-state index is -3.73. The van der Waals surface area contributed by atoms with Crippen molar-refractivity contribution in [3.63, 3.8) is 0 Å². The summed E-state index contributed by atoms with van der Waals surface area (Å²) < 4.78 is 29.1. The molecule has 0 unspecified atom stereocenters. The summed E-state index contributed by atoms with van der Waals surface area (Å²) in [6.07, 6.45) is 3.63. The van der Waals surface area contributed by atoms with E-state index in [-0.39, 0.29) is 4.90 Å². The average molecular weight is 342 g/mol. The van der Waals surface area contributed by atoms with Gasteiger partial charge in [-0.3, -0.25) is 0 Å². The van der Waals surface area contributed by atoms with Crippen molar-refractivity contribution in [2.24, 2.45) is 4.40 Å². The van der Waals surface area contributed by atoms with Gasteiger partial charge in [0.1, 0.15) is 5.84 Å². The van der Waals surface area contributed by atoms with Crippen LogP contribution in [-0.4, -0.2) is 32.2 Å². The standard InChI is InChI=1S/C19H22N2O2S/c1-3-21(4-2)19(16-15-17-11-7-5-8-12-17)20-24(22,23)18-13-9-6-10-14-18/h5-16H,3-4H2,1-2H3/b16-15+,20-19?. The van der Waals surface area contributed by atoms with Crippen molar-refractivity contribution in [3.8, 4) is 0 Å². The Bertz CT molecular complexity index is 794. The fraction of sp³-hybridized carbons (Fsp3) is 0.211. The summed E-state index contributed by atoms with van der Waals surface area (Å²) in [5, 5.41) is 0. The van der Waals surface area contributed by atoms with E-state index in [2.05, 4.69) is 4.40 Å². The molecule has 126 valence electrons. The third-order valence-electron chi connectivity index (χ3n) is 3.57. The highest BCUT2D eigenvalue weighted by molar-refractivity contribution is 7.90. The molecule has 0 saturated heterocycles. The molecule has 2 rings (SSSR count). The van der Waals surface area contributed by atoms with E-state index in [4.69, 9.17) is 0 Å². The Labute approximate surface area is 144 Å². The molecule has 0 bridgehead atoms. The molecule has 0 radical (unpaired) electrons. The van der Waals surface area contributed by atoms with Crippen LogP contribution in [0.5, 0.6) is 0 Å². The summed E-state index contributed by atoms with van der Waals surface area (Å²) in [5.74, 6) is 0.438. The number of sulfonamides is 1. The normalized spacial score (nSPS) is 12.5. The lowest BCUT2D eigenvalue weighted by Crippen LogP contribution is -2.30. The summed E-state index contributed by atoms with van der Waals surface area (Å²) >= 11 is 0. The molecular weight excluding hydrogens is 320 g/mol. The van der Waals surface area contributed by atoms with Gasteiger partial charge in [-0.15, -0.1) is 4.40 Å². The minimum absolute atomic E-state index is 0.197. The van der Waals surface area contributed by atoms with Crippen LogP contribution in [0, 0.1) is 0 Å². The Morgan fingerprint density at radius 3 is 2.04 bits per heavy atom. The Kier molecular flexibility index (Phi) is 6.32. The molecule has 0 N–H and O–H groups in total. The van der Waals surface area contributed by atoms with Crippen LogP contribution in [0.15, 0.2) is 76.0 Å². The number of benzene rings is 2. The van der Waals surface area contributed by atoms with Gasteiger partial charge in [-0.05, 0) is 37.6 Å². The molecule has 5 heteroatoms. The predicted octanol–water partition coefficient (Wildman–Crippen LogP) is 3.83. The minimum Gasteiger partial charge on any atom is -0.357 e. The number of nitrogens with zero attached hydrogens (tertiary/aromatic N) is 2. The summed E-state index contributed by atoms with van der Waals surface area (Å²) in [6.45, 7) is 5.31. The molecule has 2 aromatic rings. The average Bonchev–Trinajstić information content (AvgIpc) is 2.62. The number of likely N-dealkylation sites (N-methyl/N-ethyl adjacent to an activating group) is 1. The second kappa shape index (κ2) is 8.45. The molecule has 24 heavy (non-hydrogen) atoms. The molecule has 0 amide bonds. The van der Waals surface area contributed by atoms with Crippen LogP contribution in [-0.2, 0) is 10.0 Å². The first-order valence-corrected chi connectivity index (χ1v) is 9.39. The molecule has 0 heterocycles. The van der Waals surface area contributed by atoms with Crippen LogP contribution in [0.25, 0.3) is 6.08 Å². The van der Waals surface area contributed by atoms with Crippen LogP contribution in [0.3, 0.4) is 0 Å². The first kappa shape index (κ1) is 17.9. The van der Waals surface area contributed by atoms with Gasteiger partial charge in [-0.25, -0.2) is 0 Å². The van der Waals surface area contributed by atoms with Crippen molar-refractivity contribution in [2.45, 2.75) is 18.7 Å². The zero-order chi connectivity index (χ0) is 17.4. The highest BCUT2D eigenvalue weighted by Crippen LogP contribution is 2.13. The monoisotopic (exact) mass is 342 g/mol. The zero-order valence-electron chi connectivity index (χ0n) is 14.0. The first-order chi connectivity index (χ1) is 11.6. The highest BCUT2D eigenvalue weighted by atomic mass is 32.2. The molecular formula is C19H22N2O2S. The van der Waals surface area contributed by atoms with Crippen LogP contribution in [0.4, 0.5) is 0 Å². The van der Waals surface area contributed by atoms with Crippen molar-refractivity contribution < 1.29 is 8.42 Å². The van der Waals surface area contributed by atoms with E-state index >= 15 is 0 Å². The van der Waals surface area contributed by atoms with Crippen LogP contribution < -0.4 is 0 Å². The Balaban J connectivity index is 2.41. The maximum absolute atomic E-state index is 12.5. The van der Waals surface area contributed by atoms with E-state index < -0.39 is 10.0 Å². The van der Waals surface area contributed by atoms with Gasteiger partial charge in [0.25, 0.3) is 10.0 Å². The summed E-state index contributed by atoms with van der Waals surface area (Å²) in [7, 11) is -3.73. The van der Waals surface area contributed by atoms with Gasteiger partial charge in [0.15, 0.2) is 0 Å². The summed E-state index contributed by atoms with van der Waals surface area (Å²) in [6, 6.07) is 18.0. The predicted molar refractivity (Wildman–Crippen MR) is 99.5 cm³/mol. The van der Waals surface area contributed by atoms with Crippen molar-refractivity contribution in [2.75, 3.05) is 13.1 Å². The summed E-state index contributed by atoms with van der Waals surface area (Å²) in [4.78, 5) is 2.11. The van der Waals surface area contributed by atoms with E-state index in [1.54, 1.807) is 36.4 Å². The molecule has 0 aliphatic carbocycles. The Hall–Kier alpha value is -2.40. The largest absolute Gasteiger partial charge is 0.357 e. The zero-order valence-corrected chi connectivity index (χ0v) is 14.8. The molecule has 0 fully saturated rings. The molecule has 0 spiro atoms.